The largest absolute Gasteiger partial charge is 0.382 e. The monoisotopic (exact) mass is 237 g/mol. The van der Waals surface area contributed by atoms with Gasteiger partial charge in [0.15, 0.2) is 0 Å². The first kappa shape index (κ1) is 11.0. The van der Waals surface area contributed by atoms with E-state index in [9.17, 15) is 9.50 Å². The summed E-state index contributed by atoms with van der Waals surface area (Å²) in [6.45, 7) is 0. The van der Waals surface area contributed by atoms with Crippen molar-refractivity contribution in [3.8, 4) is 0 Å². The molecule has 0 saturated carbocycles. The lowest BCUT2D eigenvalue weighted by atomic mass is 10.1. The molecule has 16 heavy (non-hydrogen) atoms. The number of benzene rings is 1. The average molecular weight is 238 g/mol. The summed E-state index contributed by atoms with van der Waals surface area (Å²) in [6.07, 6.45) is 0.637. The van der Waals surface area contributed by atoms with Crippen molar-refractivity contribution in [1.82, 2.24) is 4.98 Å². The van der Waals surface area contributed by atoms with E-state index in [1.54, 1.807) is 30.5 Å². The summed E-state index contributed by atoms with van der Waals surface area (Å²) in [4.78, 5) is 4.00. The van der Waals surface area contributed by atoms with E-state index in [-0.39, 0.29) is 5.02 Å². The van der Waals surface area contributed by atoms with Gasteiger partial charge in [-0.3, -0.25) is 4.98 Å². The fraction of sp³-hybridized carbons (Fsp3) is 0.0833. The molecular formula is C12H9ClFNO. The molecule has 1 N–H and O–H groups in total. The van der Waals surface area contributed by atoms with Gasteiger partial charge in [-0.2, -0.15) is 0 Å². The molecule has 2 nitrogen and oxygen atoms in total. The maximum absolute atomic E-state index is 13.2. The molecule has 2 aromatic rings. The highest BCUT2D eigenvalue weighted by Gasteiger charge is 2.12. The summed E-state index contributed by atoms with van der Waals surface area (Å²) < 4.78 is 13.2. The van der Waals surface area contributed by atoms with Crippen LogP contribution in [0.4, 0.5) is 4.39 Å². The number of hydrogen-bond acceptors (Lipinski definition) is 2. The summed E-state index contributed by atoms with van der Waals surface area (Å²) in [5.41, 5.74) is 0.907. The van der Waals surface area contributed by atoms with Gasteiger partial charge in [0.1, 0.15) is 11.9 Å². The lowest BCUT2D eigenvalue weighted by molar-refractivity contribution is 0.215. The van der Waals surface area contributed by atoms with Crippen LogP contribution in [0.15, 0.2) is 42.6 Å². The van der Waals surface area contributed by atoms with Gasteiger partial charge in [0.2, 0.25) is 0 Å². The molecule has 2 rings (SSSR count). The molecular weight excluding hydrogens is 229 g/mol. The first-order valence-corrected chi connectivity index (χ1v) is 5.10. The molecule has 0 aliphatic heterocycles. The number of aromatic nitrogens is 1. The van der Waals surface area contributed by atoms with Crippen LogP contribution in [-0.4, -0.2) is 10.1 Å². The zero-order valence-corrected chi connectivity index (χ0v) is 9.03. The Labute approximate surface area is 97.3 Å². The van der Waals surface area contributed by atoms with Crippen LogP contribution in [0.3, 0.4) is 0 Å². The second-order valence-electron chi connectivity index (χ2n) is 3.33. The highest BCUT2D eigenvalue weighted by atomic mass is 35.5. The Balaban J connectivity index is 2.34. The fourth-order valence-electron chi connectivity index (χ4n) is 1.39. The van der Waals surface area contributed by atoms with Gasteiger partial charge in [0.05, 0.1) is 10.7 Å². The third-order valence-electron chi connectivity index (χ3n) is 2.23. The zero-order chi connectivity index (χ0) is 11.5. The molecule has 1 atom stereocenters. The van der Waals surface area contributed by atoms with Crippen LogP contribution in [0, 0.1) is 5.82 Å². The molecule has 0 spiro atoms. The Hall–Kier alpha value is -1.45. The van der Waals surface area contributed by atoms with Crippen LogP contribution in [0.2, 0.25) is 5.02 Å². The Bertz CT molecular complexity index is 490. The average Bonchev–Trinajstić information content (AvgIpc) is 2.33. The topological polar surface area (TPSA) is 33.1 Å². The molecule has 0 aliphatic rings. The predicted molar refractivity (Wildman–Crippen MR) is 59.7 cm³/mol. The second-order valence-corrected chi connectivity index (χ2v) is 3.74. The number of aliphatic hydroxyl groups excluding tert-OH is 1. The van der Waals surface area contributed by atoms with Crippen molar-refractivity contribution in [3.05, 3.63) is 64.7 Å². The molecule has 0 unspecified atom stereocenters. The number of halogens is 2. The maximum Gasteiger partial charge on any atom is 0.142 e. The third kappa shape index (κ3) is 2.21. The van der Waals surface area contributed by atoms with Crippen LogP contribution >= 0.6 is 11.6 Å². The third-order valence-corrected chi connectivity index (χ3v) is 2.53. The Kier molecular flexibility index (Phi) is 3.17. The summed E-state index contributed by atoms with van der Waals surface area (Å²) >= 11 is 5.56. The Morgan fingerprint density at radius 2 is 2.06 bits per heavy atom. The van der Waals surface area contributed by atoms with Crippen molar-refractivity contribution in [2.45, 2.75) is 6.10 Å². The quantitative estimate of drug-likeness (QED) is 0.871. The minimum absolute atomic E-state index is 0.0389. The van der Waals surface area contributed by atoms with E-state index >= 15 is 0 Å². The van der Waals surface area contributed by atoms with E-state index in [1.165, 1.54) is 12.1 Å². The van der Waals surface area contributed by atoms with Crippen molar-refractivity contribution in [3.63, 3.8) is 0 Å². The van der Waals surface area contributed by atoms with Gasteiger partial charge < -0.3 is 5.11 Å². The number of hydrogen-bond donors (Lipinski definition) is 1. The molecule has 1 heterocycles. The smallest absolute Gasteiger partial charge is 0.142 e. The van der Waals surface area contributed by atoms with Crippen LogP contribution in [0.25, 0.3) is 0 Å². The van der Waals surface area contributed by atoms with Crippen LogP contribution in [-0.2, 0) is 0 Å². The van der Waals surface area contributed by atoms with Crippen molar-refractivity contribution < 1.29 is 9.50 Å². The van der Waals surface area contributed by atoms with Crippen LogP contribution < -0.4 is 0 Å². The predicted octanol–water partition coefficient (Wildman–Crippen LogP) is 2.96. The molecule has 1 aromatic heterocycles. The summed E-state index contributed by atoms with van der Waals surface area (Å²) in [7, 11) is 0. The van der Waals surface area contributed by atoms with E-state index in [2.05, 4.69) is 4.98 Å². The minimum atomic E-state index is -0.937. The number of rotatable bonds is 2. The Morgan fingerprint density at radius 1 is 1.25 bits per heavy atom. The van der Waals surface area contributed by atoms with Gasteiger partial charge in [-0.15, -0.1) is 0 Å². The number of aliphatic hydroxyl groups is 1. The van der Waals surface area contributed by atoms with E-state index in [1.807, 2.05) is 0 Å². The van der Waals surface area contributed by atoms with Gasteiger partial charge in [0.25, 0.3) is 0 Å². The summed E-state index contributed by atoms with van der Waals surface area (Å²) in [6, 6.07) is 9.39. The molecule has 0 amide bonds. The lowest BCUT2D eigenvalue weighted by Crippen LogP contribution is -2.02. The highest BCUT2D eigenvalue weighted by Crippen LogP contribution is 2.23. The first-order chi connectivity index (χ1) is 7.68. The minimum Gasteiger partial charge on any atom is -0.382 e. The molecule has 82 valence electrons. The molecule has 0 aliphatic carbocycles. The number of nitrogens with zero attached hydrogens (tertiary/aromatic N) is 1. The molecule has 0 fully saturated rings. The highest BCUT2D eigenvalue weighted by molar-refractivity contribution is 6.30. The van der Waals surface area contributed by atoms with Crippen molar-refractivity contribution in [2.75, 3.05) is 0 Å². The van der Waals surface area contributed by atoms with Gasteiger partial charge in [-0.1, -0.05) is 23.7 Å². The van der Waals surface area contributed by atoms with E-state index in [0.29, 0.717) is 11.3 Å². The summed E-state index contributed by atoms with van der Waals surface area (Å²) in [5.74, 6) is -0.547. The van der Waals surface area contributed by atoms with Gasteiger partial charge in [-0.05, 0) is 29.8 Å². The fourth-order valence-corrected chi connectivity index (χ4v) is 1.51. The summed E-state index contributed by atoms with van der Waals surface area (Å²) in [5, 5.41) is 9.97. The molecule has 0 radical (unpaired) electrons. The normalized spacial score (nSPS) is 12.4. The Morgan fingerprint density at radius 3 is 2.69 bits per heavy atom. The van der Waals surface area contributed by atoms with E-state index < -0.39 is 11.9 Å². The SMILES string of the molecule is O[C@H](c1ccc(Cl)c(F)c1)c1ccccn1. The van der Waals surface area contributed by atoms with E-state index in [0.717, 1.165) is 0 Å². The van der Waals surface area contributed by atoms with Crippen LogP contribution in [0.1, 0.15) is 17.4 Å². The zero-order valence-electron chi connectivity index (χ0n) is 8.27. The lowest BCUT2D eigenvalue weighted by Gasteiger charge is -2.10. The molecule has 0 saturated heterocycles. The maximum atomic E-state index is 13.2. The van der Waals surface area contributed by atoms with Crippen molar-refractivity contribution in [2.24, 2.45) is 0 Å². The van der Waals surface area contributed by atoms with E-state index in [4.69, 9.17) is 11.6 Å². The van der Waals surface area contributed by atoms with Gasteiger partial charge >= 0.3 is 0 Å². The molecule has 4 heteroatoms. The number of pyridine rings is 1. The van der Waals surface area contributed by atoms with Crippen molar-refractivity contribution in [1.29, 1.82) is 0 Å². The first-order valence-electron chi connectivity index (χ1n) is 4.72. The standard InChI is InChI=1S/C12H9ClFNO/c13-9-5-4-8(7-10(9)14)12(16)11-3-1-2-6-15-11/h1-7,12,16H/t12-/m1/s1. The van der Waals surface area contributed by atoms with Crippen molar-refractivity contribution >= 4 is 11.6 Å². The second kappa shape index (κ2) is 4.60. The molecule has 1 aromatic carbocycles. The molecule has 0 bridgehead atoms. The van der Waals surface area contributed by atoms with Crippen LogP contribution in [0.5, 0.6) is 0 Å². The van der Waals surface area contributed by atoms with Gasteiger partial charge in [-0.25, -0.2) is 4.39 Å². The van der Waals surface area contributed by atoms with Gasteiger partial charge in [0, 0.05) is 6.20 Å².